The van der Waals surface area contributed by atoms with E-state index in [9.17, 15) is 18.4 Å². The van der Waals surface area contributed by atoms with Crippen LogP contribution in [0.4, 0.5) is 20.2 Å². The van der Waals surface area contributed by atoms with Gasteiger partial charge in [-0.15, -0.1) is 0 Å². The Balaban J connectivity index is 1.75. The molecule has 0 aliphatic rings. The van der Waals surface area contributed by atoms with Gasteiger partial charge in [0.25, 0.3) is 11.8 Å². The molecule has 1 aromatic heterocycles. The number of aromatic nitrogens is 1. The number of amides is 2. The van der Waals surface area contributed by atoms with Crippen LogP contribution in [0, 0.1) is 11.6 Å². The van der Waals surface area contributed by atoms with E-state index in [0.29, 0.717) is 5.69 Å². The van der Waals surface area contributed by atoms with Crippen LogP contribution in [0.5, 0.6) is 0 Å². The van der Waals surface area contributed by atoms with Gasteiger partial charge in [0.05, 0.1) is 0 Å². The van der Waals surface area contributed by atoms with E-state index < -0.39 is 29.1 Å². The molecule has 28 heavy (non-hydrogen) atoms. The maximum absolute atomic E-state index is 13.7. The van der Waals surface area contributed by atoms with Crippen molar-refractivity contribution in [1.29, 1.82) is 0 Å². The number of hydrogen-bond acceptors (Lipinski definition) is 3. The lowest BCUT2D eigenvalue weighted by atomic mass is 10.1. The van der Waals surface area contributed by atoms with Crippen LogP contribution in [0.3, 0.4) is 0 Å². The van der Waals surface area contributed by atoms with Crippen LogP contribution in [0.15, 0.2) is 60.7 Å². The zero-order chi connectivity index (χ0) is 20.1. The molecule has 2 amide bonds. The summed E-state index contributed by atoms with van der Waals surface area (Å²) in [5, 5.41) is 4.83. The molecule has 0 saturated heterocycles. The molecule has 0 spiro atoms. The van der Waals surface area contributed by atoms with Crippen molar-refractivity contribution in [3.8, 4) is 0 Å². The Morgan fingerprint density at radius 1 is 0.821 bits per heavy atom. The minimum Gasteiger partial charge on any atom is -0.321 e. The first-order chi connectivity index (χ1) is 13.5. The molecule has 0 radical (unpaired) electrons. The van der Waals surface area contributed by atoms with Crippen LogP contribution < -0.4 is 10.6 Å². The lowest BCUT2D eigenvalue weighted by molar-refractivity contribution is 0.101. The first-order valence-electron chi connectivity index (χ1n) is 8.60. The summed E-state index contributed by atoms with van der Waals surface area (Å²) in [6.07, 6.45) is 0.884. The molecule has 142 valence electrons. The normalized spacial score (nSPS) is 10.4. The van der Waals surface area contributed by atoms with Gasteiger partial charge in [-0.2, -0.15) is 0 Å². The molecule has 0 atom stereocenters. The number of aryl methyl sites for hydroxylation is 1. The van der Waals surface area contributed by atoms with Gasteiger partial charge in [0.2, 0.25) is 0 Å². The summed E-state index contributed by atoms with van der Waals surface area (Å²) >= 11 is 0. The Morgan fingerprint density at radius 3 is 1.93 bits per heavy atom. The fraction of sp³-hybridized carbons (Fsp3) is 0.0952. The van der Waals surface area contributed by atoms with Gasteiger partial charge in [0.15, 0.2) is 0 Å². The summed E-state index contributed by atoms with van der Waals surface area (Å²) in [5.41, 5.74) is 1.01. The Kier molecular flexibility index (Phi) is 5.74. The molecule has 3 rings (SSSR count). The number of pyridine rings is 1. The Bertz CT molecular complexity index is 1000. The van der Waals surface area contributed by atoms with Crippen molar-refractivity contribution >= 4 is 23.2 Å². The molecule has 0 unspecified atom stereocenters. The van der Waals surface area contributed by atoms with E-state index in [1.54, 1.807) is 12.1 Å². The average molecular weight is 381 g/mol. The highest BCUT2D eigenvalue weighted by molar-refractivity contribution is 6.06. The fourth-order valence-corrected chi connectivity index (χ4v) is 2.50. The van der Waals surface area contributed by atoms with E-state index in [4.69, 9.17) is 0 Å². The van der Waals surface area contributed by atoms with Gasteiger partial charge in [-0.1, -0.05) is 31.2 Å². The van der Waals surface area contributed by atoms with Gasteiger partial charge in [-0.25, -0.2) is 13.8 Å². The third-order valence-corrected chi connectivity index (χ3v) is 4.04. The molecule has 0 aliphatic heterocycles. The molecular weight excluding hydrogens is 364 g/mol. The monoisotopic (exact) mass is 381 g/mol. The van der Waals surface area contributed by atoms with Crippen LogP contribution in [0.2, 0.25) is 0 Å². The zero-order valence-corrected chi connectivity index (χ0v) is 15.0. The van der Waals surface area contributed by atoms with Crippen LogP contribution in [0.1, 0.15) is 33.5 Å². The molecule has 2 aromatic carbocycles. The summed E-state index contributed by atoms with van der Waals surface area (Å²) in [6, 6.07) is 14.8. The van der Waals surface area contributed by atoms with Crippen molar-refractivity contribution in [2.75, 3.05) is 10.6 Å². The van der Waals surface area contributed by atoms with Gasteiger partial charge in [0.1, 0.15) is 28.7 Å². The largest absolute Gasteiger partial charge is 0.321 e. The van der Waals surface area contributed by atoms with Crippen LogP contribution in [0.25, 0.3) is 0 Å². The lowest BCUT2D eigenvalue weighted by Crippen LogP contribution is -2.19. The van der Waals surface area contributed by atoms with Gasteiger partial charge < -0.3 is 10.6 Å². The number of benzene rings is 2. The highest BCUT2D eigenvalue weighted by Crippen LogP contribution is 2.19. The van der Waals surface area contributed by atoms with Crippen LogP contribution in [-0.4, -0.2) is 16.8 Å². The van der Waals surface area contributed by atoms with E-state index in [-0.39, 0.29) is 11.4 Å². The van der Waals surface area contributed by atoms with E-state index in [2.05, 4.69) is 15.6 Å². The van der Waals surface area contributed by atoms with Gasteiger partial charge >= 0.3 is 0 Å². The summed E-state index contributed by atoms with van der Waals surface area (Å²) < 4.78 is 27.4. The third kappa shape index (κ3) is 4.37. The second-order valence-corrected chi connectivity index (χ2v) is 5.96. The number of halogens is 2. The van der Waals surface area contributed by atoms with Crippen LogP contribution >= 0.6 is 0 Å². The molecule has 7 heteroatoms. The fourth-order valence-electron chi connectivity index (χ4n) is 2.50. The predicted octanol–water partition coefficient (Wildman–Crippen LogP) is 4.43. The molecule has 0 aliphatic carbocycles. The van der Waals surface area contributed by atoms with E-state index in [1.807, 2.05) is 19.1 Å². The number of nitrogens with one attached hydrogen (secondary N) is 2. The van der Waals surface area contributed by atoms with Gasteiger partial charge in [-0.05, 0) is 48.4 Å². The van der Waals surface area contributed by atoms with E-state index in [1.165, 1.54) is 24.3 Å². The maximum Gasteiger partial charge on any atom is 0.274 e. The number of anilines is 2. The Hall–Kier alpha value is -3.61. The van der Waals surface area contributed by atoms with Crippen molar-refractivity contribution in [2.24, 2.45) is 0 Å². The number of carbonyl (C=O) groups excluding carboxylic acids is 2. The molecule has 3 aromatic rings. The quantitative estimate of drug-likeness (QED) is 0.687. The molecular formula is C21H17F2N3O2. The molecule has 0 bridgehead atoms. The minimum absolute atomic E-state index is 0.00113. The third-order valence-electron chi connectivity index (χ3n) is 4.04. The highest BCUT2D eigenvalue weighted by atomic mass is 19.1. The second kappa shape index (κ2) is 8.39. The molecule has 0 fully saturated rings. The Morgan fingerprint density at radius 2 is 1.36 bits per heavy atom. The molecule has 1 heterocycles. The van der Waals surface area contributed by atoms with E-state index in [0.717, 1.165) is 24.1 Å². The first-order valence-corrected chi connectivity index (χ1v) is 8.60. The molecule has 2 N–H and O–H groups in total. The topological polar surface area (TPSA) is 71.1 Å². The second-order valence-electron chi connectivity index (χ2n) is 5.96. The number of rotatable bonds is 5. The lowest BCUT2D eigenvalue weighted by Gasteiger charge is -2.09. The number of para-hydroxylation sites is 1. The van der Waals surface area contributed by atoms with Crippen molar-refractivity contribution in [1.82, 2.24) is 4.98 Å². The smallest absolute Gasteiger partial charge is 0.274 e. The van der Waals surface area contributed by atoms with Crippen molar-refractivity contribution in [2.45, 2.75) is 13.3 Å². The number of nitrogens with zero attached hydrogens (tertiary/aromatic N) is 1. The van der Waals surface area contributed by atoms with Crippen molar-refractivity contribution in [3.05, 3.63) is 89.2 Å². The van der Waals surface area contributed by atoms with Gasteiger partial charge in [-0.3, -0.25) is 9.59 Å². The summed E-state index contributed by atoms with van der Waals surface area (Å²) in [5.74, 6) is -3.14. The van der Waals surface area contributed by atoms with Gasteiger partial charge in [0, 0.05) is 5.69 Å². The average Bonchev–Trinajstić information content (AvgIpc) is 2.71. The first kappa shape index (κ1) is 19.2. The molecule has 5 nitrogen and oxygen atoms in total. The minimum atomic E-state index is -0.905. The zero-order valence-electron chi connectivity index (χ0n) is 15.0. The standard InChI is InChI=1S/C21H17F2N3O2/c1-2-13-9-11-14(12-10-13)24-20(27)17-7-4-8-18(25-17)21(28)26-19-15(22)5-3-6-16(19)23/h3-12H,2H2,1H3,(H,24,27)(H,26,28). The number of carbonyl (C=O) groups is 2. The maximum atomic E-state index is 13.7. The van der Waals surface area contributed by atoms with Crippen LogP contribution in [-0.2, 0) is 6.42 Å². The number of hydrogen-bond donors (Lipinski definition) is 2. The van der Waals surface area contributed by atoms with E-state index >= 15 is 0 Å². The molecule has 0 saturated carbocycles. The highest BCUT2D eigenvalue weighted by Gasteiger charge is 2.16. The predicted molar refractivity (Wildman–Crippen MR) is 102 cm³/mol. The Labute approximate surface area is 160 Å². The SMILES string of the molecule is CCc1ccc(NC(=O)c2cccc(C(=O)Nc3c(F)cccc3F)n2)cc1. The summed E-state index contributed by atoms with van der Waals surface area (Å²) in [6.45, 7) is 2.03. The summed E-state index contributed by atoms with van der Waals surface area (Å²) in [4.78, 5) is 28.7. The van der Waals surface area contributed by atoms with Crippen molar-refractivity contribution < 1.29 is 18.4 Å². The van der Waals surface area contributed by atoms with Crippen molar-refractivity contribution in [3.63, 3.8) is 0 Å². The summed E-state index contributed by atoms with van der Waals surface area (Å²) in [7, 11) is 0.